The zero-order valence-electron chi connectivity index (χ0n) is 10.6. The molecule has 0 atom stereocenters. The van der Waals surface area contributed by atoms with E-state index in [0.29, 0.717) is 10.9 Å². The standard InChI is InChI=1S/C13H18BrNO2/c1-13(2,3)15-12(16)9-5-6-10(8-14)11(7-9)17-4/h5-7H,8H2,1-4H3,(H,15,16). The van der Waals surface area contributed by atoms with Gasteiger partial charge in [-0.15, -0.1) is 0 Å². The van der Waals surface area contributed by atoms with Crippen LogP contribution in [0.25, 0.3) is 0 Å². The summed E-state index contributed by atoms with van der Waals surface area (Å²) in [6.07, 6.45) is 0. The van der Waals surface area contributed by atoms with Crippen LogP contribution in [0.15, 0.2) is 18.2 Å². The van der Waals surface area contributed by atoms with Crippen molar-refractivity contribution in [3.63, 3.8) is 0 Å². The van der Waals surface area contributed by atoms with Gasteiger partial charge in [0.05, 0.1) is 7.11 Å². The first-order valence-electron chi connectivity index (χ1n) is 5.43. The molecule has 0 aliphatic rings. The molecular formula is C13H18BrNO2. The van der Waals surface area contributed by atoms with Gasteiger partial charge >= 0.3 is 0 Å². The Morgan fingerprint density at radius 1 is 1.41 bits per heavy atom. The van der Waals surface area contributed by atoms with Crippen molar-refractivity contribution in [1.29, 1.82) is 0 Å². The molecule has 0 heterocycles. The van der Waals surface area contributed by atoms with Gasteiger partial charge in [-0.05, 0) is 32.9 Å². The number of rotatable bonds is 3. The van der Waals surface area contributed by atoms with E-state index in [1.807, 2.05) is 26.8 Å². The average molecular weight is 300 g/mol. The lowest BCUT2D eigenvalue weighted by atomic mass is 10.1. The van der Waals surface area contributed by atoms with Crippen molar-refractivity contribution in [2.45, 2.75) is 31.6 Å². The molecule has 1 aromatic rings. The first-order chi connectivity index (χ1) is 7.87. The van der Waals surface area contributed by atoms with E-state index < -0.39 is 0 Å². The number of methoxy groups -OCH3 is 1. The SMILES string of the molecule is COc1cc(C(=O)NC(C)(C)C)ccc1CBr. The number of alkyl halides is 1. The van der Waals surface area contributed by atoms with Crippen LogP contribution in [-0.4, -0.2) is 18.6 Å². The lowest BCUT2D eigenvalue weighted by Gasteiger charge is -2.20. The monoisotopic (exact) mass is 299 g/mol. The van der Waals surface area contributed by atoms with E-state index in [9.17, 15) is 4.79 Å². The molecule has 0 spiro atoms. The van der Waals surface area contributed by atoms with Crippen LogP contribution in [-0.2, 0) is 5.33 Å². The number of ether oxygens (including phenoxy) is 1. The molecule has 94 valence electrons. The van der Waals surface area contributed by atoms with Gasteiger partial charge in [0.25, 0.3) is 5.91 Å². The summed E-state index contributed by atoms with van der Waals surface area (Å²) in [5, 5.41) is 3.62. The molecule has 1 N–H and O–H groups in total. The highest BCUT2D eigenvalue weighted by Crippen LogP contribution is 2.22. The average Bonchev–Trinajstić information content (AvgIpc) is 2.25. The minimum atomic E-state index is -0.238. The summed E-state index contributed by atoms with van der Waals surface area (Å²) in [4.78, 5) is 11.9. The molecule has 0 aromatic heterocycles. The zero-order valence-corrected chi connectivity index (χ0v) is 12.2. The quantitative estimate of drug-likeness (QED) is 0.871. The highest BCUT2D eigenvalue weighted by atomic mass is 79.9. The van der Waals surface area contributed by atoms with Crippen LogP contribution in [0, 0.1) is 0 Å². The highest BCUT2D eigenvalue weighted by Gasteiger charge is 2.16. The van der Waals surface area contributed by atoms with Gasteiger partial charge < -0.3 is 10.1 Å². The third-order valence-corrected chi connectivity index (χ3v) is 2.79. The summed E-state index contributed by atoms with van der Waals surface area (Å²) < 4.78 is 5.25. The molecule has 0 bridgehead atoms. The Morgan fingerprint density at radius 2 is 2.06 bits per heavy atom. The Bertz CT molecular complexity index is 410. The van der Waals surface area contributed by atoms with Crippen LogP contribution in [0.2, 0.25) is 0 Å². The predicted octanol–water partition coefficient (Wildman–Crippen LogP) is 3.12. The first kappa shape index (κ1) is 14.0. The van der Waals surface area contributed by atoms with Crippen molar-refractivity contribution in [3.05, 3.63) is 29.3 Å². The van der Waals surface area contributed by atoms with Crippen LogP contribution < -0.4 is 10.1 Å². The molecule has 1 rings (SSSR count). The Kier molecular flexibility index (Phi) is 4.57. The molecule has 1 amide bonds. The van der Waals surface area contributed by atoms with Gasteiger partial charge in [-0.2, -0.15) is 0 Å². The number of nitrogens with one attached hydrogen (secondary N) is 1. The van der Waals surface area contributed by atoms with Gasteiger partial charge in [-0.1, -0.05) is 22.0 Å². The lowest BCUT2D eigenvalue weighted by Crippen LogP contribution is -2.40. The van der Waals surface area contributed by atoms with Crippen LogP contribution in [0.4, 0.5) is 0 Å². The van der Waals surface area contributed by atoms with Crippen molar-refractivity contribution in [2.75, 3.05) is 7.11 Å². The summed E-state index contributed by atoms with van der Waals surface area (Å²) in [5.74, 6) is 0.639. The number of halogens is 1. The topological polar surface area (TPSA) is 38.3 Å². The summed E-state index contributed by atoms with van der Waals surface area (Å²) in [6.45, 7) is 5.86. The molecule has 1 aromatic carbocycles. The molecule has 3 nitrogen and oxygen atoms in total. The van der Waals surface area contributed by atoms with E-state index in [1.54, 1.807) is 19.2 Å². The van der Waals surface area contributed by atoms with E-state index >= 15 is 0 Å². The molecule has 0 aliphatic heterocycles. The van der Waals surface area contributed by atoms with E-state index in [-0.39, 0.29) is 11.4 Å². The van der Waals surface area contributed by atoms with Gasteiger partial charge in [0, 0.05) is 22.0 Å². The van der Waals surface area contributed by atoms with E-state index in [1.165, 1.54) is 0 Å². The number of carbonyl (C=O) groups excluding carboxylic acids is 1. The third kappa shape index (κ3) is 4.04. The second kappa shape index (κ2) is 5.54. The molecule has 17 heavy (non-hydrogen) atoms. The molecule has 4 heteroatoms. The second-order valence-corrected chi connectivity index (χ2v) is 5.43. The fourth-order valence-electron chi connectivity index (χ4n) is 1.41. The summed E-state index contributed by atoms with van der Waals surface area (Å²) >= 11 is 3.38. The molecule has 0 unspecified atom stereocenters. The maximum absolute atomic E-state index is 11.9. The predicted molar refractivity (Wildman–Crippen MR) is 72.8 cm³/mol. The van der Waals surface area contributed by atoms with Crippen molar-refractivity contribution in [3.8, 4) is 5.75 Å². The number of benzene rings is 1. The van der Waals surface area contributed by atoms with Gasteiger partial charge in [0.2, 0.25) is 0 Å². The fraction of sp³-hybridized carbons (Fsp3) is 0.462. The third-order valence-electron chi connectivity index (χ3n) is 2.18. The maximum atomic E-state index is 11.9. The Morgan fingerprint density at radius 3 is 2.53 bits per heavy atom. The zero-order chi connectivity index (χ0) is 13.1. The molecule has 0 radical (unpaired) electrons. The summed E-state index contributed by atoms with van der Waals surface area (Å²) in [5.41, 5.74) is 1.40. The van der Waals surface area contributed by atoms with E-state index in [4.69, 9.17) is 4.74 Å². The molecule has 0 aliphatic carbocycles. The number of amides is 1. The molecule has 0 saturated carbocycles. The smallest absolute Gasteiger partial charge is 0.251 e. The number of carbonyl (C=O) groups is 1. The van der Waals surface area contributed by atoms with Crippen LogP contribution in [0.1, 0.15) is 36.7 Å². The summed E-state index contributed by atoms with van der Waals surface area (Å²) in [6, 6.07) is 5.46. The Labute approximate surface area is 111 Å². The van der Waals surface area contributed by atoms with Gasteiger partial charge in [0.1, 0.15) is 5.75 Å². The molecular weight excluding hydrogens is 282 g/mol. The van der Waals surface area contributed by atoms with E-state index in [2.05, 4.69) is 21.2 Å². The van der Waals surface area contributed by atoms with Gasteiger partial charge in [0.15, 0.2) is 0 Å². The van der Waals surface area contributed by atoms with Gasteiger partial charge in [-0.25, -0.2) is 0 Å². The van der Waals surface area contributed by atoms with Crippen LogP contribution in [0.5, 0.6) is 5.75 Å². The first-order valence-corrected chi connectivity index (χ1v) is 6.55. The fourth-order valence-corrected chi connectivity index (χ4v) is 1.87. The van der Waals surface area contributed by atoms with Gasteiger partial charge in [-0.3, -0.25) is 4.79 Å². The normalized spacial score (nSPS) is 11.1. The maximum Gasteiger partial charge on any atom is 0.251 e. The highest BCUT2D eigenvalue weighted by molar-refractivity contribution is 9.08. The van der Waals surface area contributed by atoms with Crippen molar-refractivity contribution < 1.29 is 9.53 Å². The molecule has 0 fully saturated rings. The second-order valence-electron chi connectivity index (χ2n) is 4.86. The summed E-state index contributed by atoms with van der Waals surface area (Å²) in [7, 11) is 1.60. The van der Waals surface area contributed by atoms with E-state index in [0.717, 1.165) is 11.3 Å². The molecule has 0 saturated heterocycles. The Balaban J connectivity index is 2.96. The van der Waals surface area contributed by atoms with Crippen molar-refractivity contribution in [1.82, 2.24) is 5.32 Å². The van der Waals surface area contributed by atoms with Crippen molar-refractivity contribution >= 4 is 21.8 Å². The largest absolute Gasteiger partial charge is 0.496 e. The number of hydrogen-bond acceptors (Lipinski definition) is 2. The minimum Gasteiger partial charge on any atom is -0.496 e. The van der Waals surface area contributed by atoms with Crippen LogP contribution >= 0.6 is 15.9 Å². The van der Waals surface area contributed by atoms with Crippen LogP contribution in [0.3, 0.4) is 0 Å². The van der Waals surface area contributed by atoms with Crippen molar-refractivity contribution in [2.24, 2.45) is 0 Å². The number of hydrogen-bond donors (Lipinski definition) is 1. The Hall–Kier alpha value is -1.03. The minimum absolute atomic E-state index is 0.0862. The lowest BCUT2D eigenvalue weighted by molar-refractivity contribution is 0.0919.